The summed E-state index contributed by atoms with van der Waals surface area (Å²) in [4.78, 5) is 51.3. The Morgan fingerprint density at radius 3 is 2.25 bits per heavy atom. The summed E-state index contributed by atoms with van der Waals surface area (Å²) in [5.41, 5.74) is 17.9. The van der Waals surface area contributed by atoms with Crippen molar-refractivity contribution in [2.24, 2.45) is 22.2 Å². The van der Waals surface area contributed by atoms with Crippen LogP contribution in [0.2, 0.25) is 0 Å². The molecule has 1 aromatic rings. The van der Waals surface area contributed by atoms with Gasteiger partial charge in [-0.25, -0.2) is 0 Å². The van der Waals surface area contributed by atoms with Crippen molar-refractivity contribution < 1.29 is 24.3 Å². The Balaban J connectivity index is 2.98. The number of benzene rings is 1. The van der Waals surface area contributed by atoms with E-state index in [1.54, 1.807) is 26.0 Å². The molecule has 12 nitrogen and oxygen atoms in total. The number of aromatic hydroxyl groups is 1. The molecule has 0 radical (unpaired) electrons. The van der Waals surface area contributed by atoms with E-state index in [9.17, 15) is 24.3 Å². The minimum atomic E-state index is -1.01. The molecule has 0 bridgehead atoms. The van der Waals surface area contributed by atoms with E-state index in [2.05, 4.69) is 20.9 Å². The lowest BCUT2D eigenvalue weighted by Crippen LogP contribution is -2.54. The summed E-state index contributed by atoms with van der Waals surface area (Å²) in [5, 5.41) is 17.1. The van der Waals surface area contributed by atoms with Crippen molar-refractivity contribution in [3.05, 3.63) is 28.8 Å². The number of aryl methyl sites for hydroxylation is 2. The molecule has 10 N–H and O–H groups in total. The number of phenols is 1. The van der Waals surface area contributed by atoms with Gasteiger partial charge in [-0.05, 0) is 55.5 Å². The lowest BCUT2D eigenvalue weighted by Gasteiger charge is -2.23. The summed E-state index contributed by atoms with van der Waals surface area (Å²) in [7, 11) is 0. The Morgan fingerprint density at radius 1 is 1.09 bits per heavy atom. The molecule has 176 valence electrons. The normalized spacial score (nSPS) is 12.2. The number of primary amides is 1. The summed E-state index contributed by atoms with van der Waals surface area (Å²) < 4.78 is 0. The first kappa shape index (κ1) is 26.2. The van der Waals surface area contributed by atoms with Crippen molar-refractivity contribution in [1.29, 1.82) is 0 Å². The molecule has 0 fully saturated rings. The third-order valence-corrected chi connectivity index (χ3v) is 4.69. The summed E-state index contributed by atoms with van der Waals surface area (Å²) in [5.74, 6) is -1.94. The zero-order valence-corrected chi connectivity index (χ0v) is 18.2. The predicted octanol–water partition coefficient (Wildman–Crippen LogP) is -2.19. The molecule has 12 heteroatoms. The van der Waals surface area contributed by atoms with Crippen LogP contribution in [0, 0.1) is 13.8 Å². The fourth-order valence-corrected chi connectivity index (χ4v) is 3.15. The molecular formula is C20H31N7O5. The van der Waals surface area contributed by atoms with Crippen LogP contribution in [0.15, 0.2) is 17.1 Å². The number of hydrogen-bond acceptors (Lipinski definition) is 6. The number of nitrogens with zero attached hydrogens (tertiary/aromatic N) is 1. The second-order valence-corrected chi connectivity index (χ2v) is 7.29. The van der Waals surface area contributed by atoms with Gasteiger partial charge < -0.3 is 38.3 Å². The molecule has 0 aromatic heterocycles. The molecule has 0 heterocycles. The third kappa shape index (κ3) is 8.90. The maximum absolute atomic E-state index is 12.9. The monoisotopic (exact) mass is 449 g/mol. The van der Waals surface area contributed by atoms with Gasteiger partial charge in [-0.2, -0.15) is 0 Å². The molecule has 0 aliphatic carbocycles. The van der Waals surface area contributed by atoms with Gasteiger partial charge in [0.25, 0.3) is 0 Å². The second kappa shape index (κ2) is 12.8. The smallest absolute Gasteiger partial charge is 0.243 e. The highest BCUT2D eigenvalue weighted by molar-refractivity contribution is 5.92. The first-order valence-corrected chi connectivity index (χ1v) is 9.95. The Labute approximate surface area is 186 Å². The molecule has 0 spiro atoms. The van der Waals surface area contributed by atoms with Crippen LogP contribution in [0.1, 0.15) is 29.5 Å². The van der Waals surface area contributed by atoms with E-state index in [-0.39, 0.29) is 37.6 Å². The summed E-state index contributed by atoms with van der Waals surface area (Å²) >= 11 is 0. The number of phenolic OH excluding ortho intramolecular Hbond substituents is 1. The fraction of sp³-hybridized carbons (Fsp3) is 0.450. The van der Waals surface area contributed by atoms with E-state index >= 15 is 0 Å². The number of hydrogen-bond donors (Lipinski definition) is 7. The molecule has 2 atom stereocenters. The molecule has 0 saturated carbocycles. The molecule has 0 saturated heterocycles. The van der Waals surface area contributed by atoms with E-state index in [0.29, 0.717) is 12.8 Å². The Kier molecular flexibility index (Phi) is 10.5. The van der Waals surface area contributed by atoms with Gasteiger partial charge in [-0.15, -0.1) is 0 Å². The number of carbonyl (C=O) groups excluding carboxylic acids is 4. The lowest BCUT2D eigenvalue weighted by atomic mass is 9.95. The molecule has 1 unspecified atom stereocenters. The molecule has 1 aromatic carbocycles. The zero-order chi connectivity index (χ0) is 24.3. The first-order chi connectivity index (χ1) is 15.0. The van der Waals surface area contributed by atoms with Crippen LogP contribution in [0.25, 0.3) is 0 Å². The zero-order valence-electron chi connectivity index (χ0n) is 18.2. The Morgan fingerprint density at radius 2 is 1.72 bits per heavy atom. The number of nitrogens with two attached hydrogens (primary N) is 3. The van der Waals surface area contributed by atoms with E-state index < -0.39 is 29.8 Å². The lowest BCUT2D eigenvalue weighted by molar-refractivity contribution is -0.131. The van der Waals surface area contributed by atoms with Crippen molar-refractivity contribution >= 4 is 30.1 Å². The molecule has 4 amide bonds. The van der Waals surface area contributed by atoms with Crippen LogP contribution in [0.5, 0.6) is 5.75 Å². The molecular weight excluding hydrogens is 418 g/mol. The summed E-state index contributed by atoms with van der Waals surface area (Å²) in [6, 6.07) is 1.14. The number of guanidine groups is 1. The van der Waals surface area contributed by atoms with Gasteiger partial charge in [0.15, 0.2) is 5.96 Å². The van der Waals surface area contributed by atoms with Gasteiger partial charge in [0.2, 0.25) is 24.1 Å². The van der Waals surface area contributed by atoms with E-state index in [1.807, 2.05) is 0 Å². The Bertz CT molecular complexity index is 845. The first-order valence-electron chi connectivity index (χ1n) is 9.95. The van der Waals surface area contributed by atoms with Crippen molar-refractivity contribution in [2.75, 3.05) is 13.1 Å². The average Bonchev–Trinajstić information content (AvgIpc) is 2.69. The van der Waals surface area contributed by atoms with E-state index in [4.69, 9.17) is 17.2 Å². The fourth-order valence-electron chi connectivity index (χ4n) is 3.15. The maximum atomic E-state index is 12.9. The van der Waals surface area contributed by atoms with Gasteiger partial charge >= 0.3 is 0 Å². The average molecular weight is 450 g/mol. The van der Waals surface area contributed by atoms with Gasteiger partial charge in [-0.3, -0.25) is 24.2 Å². The third-order valence-electron chi connectivity index (χ3n) is 4.69. The van der Waals surface area contributed by atoms with Crippen molar-refractivity contribution in [3.63, 3.8) is 0 Å². The van der Waals surface area contributed by atoms with Crippen LogP contribution in [0.3, 0.4) is 0 Å². The van der Waals surface area contributed by atoms with Crippen LogP contribution in [-0.4, -0.2) is 60.4 Å². The van der Waals surface area contributed by atoms with Crippen LogP contribution >= 0.6 is 0 Å². The number of aliphatic imine (C=N–C) groups is 1. The van der Waals surface area contributed by atoms with Crippen molar-refractivity contribution in [2.45, 2.75) is 45.2 Å². The van der Waals surface area contributed by atoms with Crippen molar-refractivity contribution in [1.82, 2.24) is 16.0 Å². The largest absolute Gasteiger partial charge is 0.508 e. The SMILES string of the molecule is Cc1cc(O)cc(C)c1C[C@H](NC=O)C(=O)NC(CCCN=C(N)N)C(=O)NCC(N)=O. The molecule has 0 aliphatic rings. The number of amides is 4. The van der Waals surface area contributed by atoms with E-state index in [0.717, 1.165) is 16.7 Å². The van der Waals surface area contributed by atoms with Crippen LogP contribution < -0.4 is 33.2 Å². The standard InChI is InChI=1S/C20H31N7O5/c1-11-6-13(29)7-12(2)14(11)8-16(26-10-28)19(32)27-15(4-3-5-24-20(22)23)18(31)25-9-17(21)30/h6-7,10,15-16,29H,3-5,8-9H2,1-2H3,(H2,21,30)(H,25,31)(H,26,28)(H,27,32)(H4,22,23,24)/t15?,16-/m0/s1. The Hall–Kier alpha value is -3.83. The topological polar surface area (TPSA) is 215 Å². The van der Waals surface area contributed by atoms with Gasteiger partial charge in [0, 0.05) is 13.0 Å². The highest BCUT2D eigenvalue weighted by Crippen LogP contribution is 2.22. The van der Waals surface area contributed by atoms with Crippen LogP contribution in [-0.2, 0) is 25.6 Å². The minimum absolute atomic E-state index is 0.0973. The highest BCUT2D eigenvalue weighted by Gasteiger charge is 2.26. The maximum Gasteiger partial charge on any atom is 0.243 e. The molecule has 0 aliphatic heterocycles. The van der Waals surface area contributed by atoms with Gasteiger partial charge in [0.05, 0.1) is 6.54 Å². The molecule has 1 rings (SSSR count). The minimum Gasteiger partial charge on any atom is -0.508 e. The van der Waals surface area contributed by atoms with Gasteiger partial charge in [0.1, 0.15) is 17.8 Å². The number of rotatable bonds is 13. The summed E-state index contributed by atoms with van der Waals surface area (Å²) in [6.07, 6.45) is 1.09. The predicted molar refractivity (Wildman–Crippen MR) is 118 cm³/mol. The highest BCUT2D eigenvalue weighted by atomic mass is 16.3. The quantitative estimate of drug-likeness (QED) is 0.0763. The van der Waals surface area contributed by atoms with Crippen LogP contribution in [0.4, 0.5) is 0 Å². The van der Waals surface area contributed by atoms with Crippen molar-refractivity contribution in [3.8, 4) is 5.75 Å². The van der Waals surface area contributed by atoms with E-state index in [1.165, 1.54) is 0 Å². The number of nitrogens with one attached hydrogen (secondary N) is 3. The second-order valence-electron chi connectivity index (χ2n) is 7.29. The number of carbonyl (C=O) groups is 4. The molecule has 32 heavy (non-hydrogen) atoms. The summed E-state index contributed by atoms with van der Waals surface area (Å²) in [6.45, 7) is 3.41. The van der Waals surface area contributed by atoms with Gasteiger partial charge in [-0.1, -0.05) is 0 Å².